The molecule has 2 aromatic rings. The number of nitrogens with zero attached hydrogens (tertiary/aromatic N) is 3. The maximum absolute atomic E-state index is 12.2. The quantitative estimate of drug-likeness (QED) is 0.903. The van der Waals surface area contributed by atoms with Gasteiger partial charge in [-0.2, -0.15) is 4.98 Å². The molecular weight excluding hydrogens is 344 g/mol. The van der Waals surface area contributed by atoms with Gasteiger partial charge in [0, 0.05) is 26.3 Å². The van der Waals surface area contributed by atoms with Crippen LogP contribution in [-0.2, 0) is 0 Å². The van der Waals surface area contributed by atoms with Crippen LogP contribution < -0.4 is 15.4 Å². The van der Waals surface area contributed by atoms with E-state index in [1.54, 1.807) is 0 Å². The van der Waals surface area contributed by atoms with Crippen molar-refractivity contribution in [1.82, 2.24) is 9.97 Å². The van der Waals surface area contributed by atoms with Gasteiger partial charge < -0.3 is 9.80 Å². The van der Waals surface area contributed by atoms with Crippen molar-refractivity contribution in [2.24, 2.45) is 0 Å². The molecule has 6 heteroatoms. The van der Waals surface area contributed by atoms with E-state index in [4.69, 9.17) is 0 Å². The molecule has 5 nitrogen and oxygen atoms in total. The summed E-state index contributed by atoms with van der Waals surface area (Å²) in [4.78, 5) is 23.4. The minimum Gasteiger partial charge on any atom is -0.346 e. The Morgan fingerprint density at radius 3 is 2.36 bits per heavy atom. The van der Waals surface area contributed by atoms with Gasteiger partial charge in [0.2, 0.25) is 5.95 Å². The summed E-state index contributed by atoms with van der Waals surface area (Å²) < 4.78 is 0.436. The van der Waals surface area contributed by atoms with E-state index in [2.05, 4.69) is 51.9 Å². The van der Waals surface area contributed by atoms with Gasteiger partial charge in [0.1, 0.15) is 4.47 Å². The Morgan fingerprint density at radius 1 is 1.23 bits per heavy atom. The molecule has 1 aromatic carbocycles. The maximum atomic E-state index is 12.2. The molecule has 0 saturated carbocycles. The summed E-state index contributed by atoms with van der Waals surface area (Å²) in [6, 6.07) is 6.14. The Morgan fingerprint density at radius 2 is 1.82 bits per heavy atom. The molecule has 0 unspecified atom stereocenters. The Labute approximate surface area is 139 Å². The number of hydrogen-bond donors (Lipinski definition) is 1. The summed E-state index contributed by atoms with van der Waals surface area (Å²) in [5.41, 5.74) is 3.16. The van der Waals surface area contributed by atoms with Gasteiger partial charge in [-0.05, 0) is 47.8 Å². The molecule has 0 fully saturated rings. The van der Waals surface area contributed by atoms with Crippen molar-refractivity contribution in [2.75, 3.05) is 30.4 Å². The monoisotopic (exact) mass is 364 g/mol. The first-order chi connectivity index (χ1) is 10.4. The molecule has 0 bridgehead atoms. The summed E-state index contributed by atoms with van der Waals surface area (Å²) >= 11 is 3.37. The molecule has 1 heterocycles. The van der Waals surface area contributed by atoms with Crippen LogP contribution in [0.15, 0.2) is 27.5 Å². The number of aromatic nitrogens is 2. The topological polar surface area (TPSA) is 52.2 Å². The van der Waals surface area contributed by atoms with Crippen molar-refractivity contribution < 1.29 is 0 Å². The van der Waals surface area contributed by atoms with Crippen molar-refractivity contribution >= 4 is 33.4 Å². The number of aryl methyl sites for hydroxylation is 2. The van der Waals surface area contributed by atoms with Crippen molar-refractivity contribution in [3.05, 3.63) is 44.2 Å². The van der Waals surface area contributed by atoms with E-state index in [1.165, 1.54) is 0 Å². The van der Waals surface area contributed by atoms with E-state index in [-0.39, 0.29) is 5.56 Å². The number of H-pyrrole nitrogens is 1. The average molecular weight is 365 g/mol. The predicted octanol–water partition coefficient (Wildman–Crippen LogP) is 3.37. The number of nitrogens with one attached hydrogen (secondary N) is 1. The van der Waals surface area contributed by atoms with Crippen molar-refractivity contribution in [3.63, 3.8) is 0 Å². The first-order valence-corrected chi connectivity index (χ1v) is 7.97. The van der Waals surface area contributed by atoms with E-state index in [0.29, 0.717) is 16.2 Å². The van der Waals surface area contributed by atoms with Gasteiger partial charge >= 0.3 is 0 Å². The van der Waals surface area contributed by atoms with Crippen LogP contribution >= 0.6 is 15.9 Å². The number of anilines is 3. The average Bonchev–Trinajstić information content (AvgIpc) is 2.48. The van der Waals surface area contributed by atoms with Gasteiger partial charge in [-0.25, -0.2) is 0 Å². The van der Waals surface area contributed by atoms with E-state index >= 15 is 0 Å². The minimum atomic E-state index is -0.182. The molecule has 0 amide bonds. The standard InChI is InChI=1S/C16H21BrN4O/c1-6-20(4)16-18-14(12(17)15(22)19-16)21(5)13-10(2)8-7-9-11(13)3/h7-9H,6H2,1-5H3,(H,18,19,22). The minimum absolute atomic E-state index is 0.182. The van der Waals surface area contributed by atoms with Crippen LogP contribution in [0.4, 0.5) is 17.5 Å². The van der Waals surface area contributed by atoms with E-state index in [0.717, 1.165) is 23.4 Å². The van der Waals surface area contributed by atoms with E-state index < -0.39 is 0 Å². The number of halogens is 1. The fraction of sp³-hybridized carbons (Fsp3) is 0.375. The lowest BCUT2D eigenvalue weighted by molar-refractivity contribution is 0.883. The second-order valence-corrected chi connectivity index (χ2v) is 6.13. The normalized spacial score (nSPS) is 10.6. The third kappa shape index (κ3) is 3.02. The van der Waals surface area contributed by atoms with Gasteiger partial charge in [0.25, 0.3) is 5.56 Å². The number of hydrogen-bond acceptors (Lipinski definition) is 4. The highest BCUT2D eigenvalue weighted by molar-refractivity contribution is 9.10. The predicted molar refractivity (Wildman–Crippen MR) is 95.5 cm³/mol. The molecule has 118 valence electrons. The van der Waals surface area contributed by atoms with Crippen molar-refractivity contribution in [2.45, 2.75) is 20.8 Å². The molecule has 0 spiro atoms. The number of para-hydroxylation sites is 1. The van der Waals surface area contributed by atoms with Gasteiger partial charge in [-0.3, -0.25) is 9.78 Å². The molecule has 1 N–H and O–H groups in total. The number of aromatic amines is 1. The zero-order chi connectivity index (χ0) is 16.4. The molecule has 0 radical (unpaired) electrons. The number of benzene rings is 1. The largest absolute Gasteiger partial charge is 0.346 e. The molecule has 0 aliphatic heterocycles. The Hall–Kier alpha value is -1.82. The lowest BCUT2D eigenvalue weighted by atomic mass is 10.1. The van der Waals surface area contributed by atoms with Crippen LogP contribution in [0.3, 0.4) is 0 Å². The van der Waals surface area contributed by atoms with Crippen LogP contribution in [0.2, 0.25) is 0 Å². The Kier molecular flexibility index (Phi) is 4.90. The van der Waals surface area contributed by atoms with Crippen LogP contribution in [0.5, 0.6) is 0 Å². The molecule has 22 heavy (non-hydrogen) atoms. The highest BCUT2D eigenvalue weighted by Gasteiger charge is 2.18. The molecular formula is C16H21BrN4O. The fourth-order valence-corrected chi connectivity index (χ4v) is 2.88. The lowest BCUT2D eigenvalue weighted by Crippen LogP contribution is -2.26. The molecule has 2 rings (SSSR count). The molecule has 1 aromatic heterocycles. The summed E-state index contributed by atoms with van der Waals surface area (Å²) in [6.07, 6.45) is 0. The SMILES string of the molecule is CCN(C)c1nc(N(C)c2c(C)cccc2C)c(Br)c(=O)[nH]1. The highest BCUT2D eigenvalue weighted by atomic mass is 79.9. The third-order valence-electron chi connectivity index (χ3n) is 3.76. The van der Waals surface area contributed by atoms with Crippen LogP contribution in [0, 0.1) is 13.8 Å². The summed E-state index contributed by atoms with van der Waals surface area (Å²) in [7, 11) is 3.83. The van der Waals surface area contributed by atoms with E-state index in [1.807, 2.05) is 36.9 Å². The second kappa shape index (κ2) is 6.52. The highest BCUT2D eigenvalue weighted by Crippen LogP contribution is 2.32. The number of rotatable bonds is 4. The summed E-state index contributed by atoms with van der Waals surface area (Å²) in [6.45, 7) is 6.88. The maximum Gasteiger partial charge on any atom is 0.268 e. The van der Waals surface area contributed by atoms with E-state index in [9.17, 15) is 4.79 Å². The van der Waals surface area contributed by atoms with Gasteiger partial charge in [0.15, 0.2) is 5.82 Å². The fourth-order valence-electron chi connectivity index (χ4n) is 2.43. The van der Waals surface area contributed by atoms with Gasteiger partial charge in [-0.1, -0.05) is 18.2 Å². The Bertz CT molecular complexity index is 721. The van der Waals surface area contributed by atoms with Gasteiger partial charge in [-0.15, -0.1) is 0 Å². The first kappa shape index (κ1) is 16.5. The molecule has 0 saturated heterocycles. The van der Waals surface area contributed by atoms with Crippen molar-refractivity contribution in [1.29, 1.82) is 0 Å². The second-order valence-electron chi connectivity index (χ2n) is 5.34. The summed E-state index contributed by atoms with van der Waals surface area (Å²) in [5, 5.41) is 0. The van der Waals surface area contributed by atoms with Crippen LogP contribution in [0.1, 0.15) is 18.1 Å². The molecule has 0 aliphatic rings. The van der Waals surface area contributed by atoms with Crippen molar-refractivity contribution in [3.8, 4) is 0 Å². The van der Waals surface area contributed by atoms with Crippen LogP contribution in [0.25, 0.3) is 0 Å². The zero-order valence-corrected chi connectivity index (χ0v) is 15.2. The third-order valence-corrected chi connectivity index (χ3v) is 4.48. The molecule has 0 atom stereocenters. The smallest absolute Gasteiger partial charge is 0.268 e. The molecule has 0 aliphatic carbocycles. The summed E-state index contributed by atoms with van der Waals surface area (Å²) in [5.74, 6) is 1.17. The first-order valence-electron chi connectivity index (χ1n) is 7.17. The van der Waals surface area contributed by atoms with Gasteiger partial charge in [0.05, 0.1) is 0 Å². The lowest BCUT2D eigenvalue weighted by Gasteiger charge is -2.25. The Balaban J connectivity index is 2.61. The zero-order valence-electron chi connectivity index (χ0n) is 13.6. The van der Waals surface area contributed by atoms with Crippen LogP contribution in [-0.4, -0.2) is 30.6 Å².